The van der Waals surface area contributed by atoms with Crippen molar-refractivity contribution in [3.05, 3.63) is 53.6 Å². The van der Waals surface area contributed by atoms with Gasteiger partial charge in [-0.05, 0) is 35.2 Å². The van der Waals surface area contributed by atoms with Crippen LogP contribution in [0.15, 0.2) is 46.9 Å². The van der Waals surface area contributed by atoms with Gasteiger partial charge in [0.15, 0.2) is 0 Å². The average molecular weight is 381 g/mol. The Hall–Kier alpha value is -3.35. The molecule has 3 rings (SSSR count). The zero-order valence-corrected chi connectivity index (χ0v) is 16.6. The molecule has 0 radical (unpaired) electrons. The summed E-state index contributed by atoms with van der Waals surface area (Å²) in [5, 5.41) is 10.5. The van der Waals surface area contributed by atoms with Crippen molar-refractivity contribution in [2.75, 3.05) is 19.5 Å². The minimum Gasteiger partial charge on any atom is -0.497 e. The Balaban J connectivity index is 1.77. The molecule has 0 saturated carbocycles. The number of anilines is 1. The third-order valence-corrected chi connectivity index (χ3v) is 4.26. The Kier molecular flexibility index (Phi) is 5.35. The predicted octanol–water partition coefficient (Wildman–Crippen LogP) is 4.30. The van der Waals surface area contributed by atoms with Crippen molar-refractivity contribution in [1.29, 1.82) is 0 Å². The molecule has 0 atom stereocenters. The van der Waals surface area contributed by atoms with E-state index in [0.717, 1.165) is 5.56 Å². The highest BCUT2D eigenvalue weighted by molar-refractivity contribution is 6.03. The molecule has 3 aromatic rings. The lowest BCUT2D eigenvalue weighted by atomic mass is 9.87. The summed E-state index contributed by atoms with van der Waals surface area (Å²) < 4.78 is 16.1. The van der Waals surface area contributed by atoms with Crippen molar-refractivity contribution in [3.8, 4) is 23.0 Å². The van der Waals surface area contributed by atoms with Crippen LogP contribution in [0.5, 0.6) is 11.5 Å². The highest BCUT2D eigenvalue weighted by atomic mass is 16.5. The van der Waals surface area contributed by atoms with Gasteiger partial charge in [0.05, 0.1) is 14.2 Å². The largest absolute Gasteiger partial charge is 0.497 e. The van der Waals surface area contributed by atoms with Crippen LogP contribution in [0.2, 0.25) is 0 Å². The quantitative estimate of drug-likeness (QED) is 0.709. The van der Waals surface area contributed by atoms with Crippen LogP contribution in [0, 0.1) is 0 Å². The summed E-state index contributed by atoms with van der Waals surface area (Å²) in [6, 6.07) is 12.7. The maximum absolute atomic E-state index is 12.4. The van der Waals surface area contributed by atoms with Gasteiger partial charge in [0.2, 0.25) is 5.89 Å². The van der Waals surface area contributed by atoms with Crippen molar-refractivity contribution in [2.45, 2.75) is 26.2 Å². The number of carbonyl (C=O) groups is 1. The molecule has 1 N–H and O–H groups in total. The second-order valence-electron chi connectivity index (χ2n) is 7.30. The van der Waals surface area contributed by atoms with Crippen LogP contribution >= 0.6 is 0 Å². The van der Waals surface area contributed by atoms with Crippen molar-refractivity contribution in [3.63, 3.8) is 0 Å². The Labute approximate surface area is 163 Å². The van der Waals surface area contributed by atoms with Crippen LogP contribution < -0.4 is 14.8 Å². The van der Waals surface area contributed by atoms with Crippen LogP contribution in [-0.2, 0) is 5.41 Å². The molecule has 0 bridgehead atoms. The van der Waals surface area contributed by atoms with E-state index < -0.39 is 0 Å². The van der Waals surface area contributed by atoms with Gasteiger partial charge in [-0.2, -0.15) is 0 Å². The Morgan fingerprint density at radius 2 is 1.57 bits per heavy atom. The number of nitrogens with one attached hydrogen (secondary N) is 1. The fourth-order valence-electron chi connectivity index (χ4n) is 2.61. The van der Waals surface area contributed by atoms with E-state index in [1.807, 2.05) is 12.1 Å². The lowest BCUT2D eigenvalue weighted by Crippen LogP contribution is -2.14. The van der Waals surface area contributed by atoms with E-state index in [1.165, 1.54) is 0 Å². The highest BCUT2D eigenvalue weighted by Gasteiger charge is 2.17. The first-order valence-electron chi connectivity index (χ1n) is 8.79. The molecule has 0 aliphatic heterocycles. The first-order chi connectivity index (χ1) is 13.3. The molecule has 0 aliphatic rings. The molecule has 7 nitrogen and oxygen atoms in total. The van der Waals surface area contributed by atoms with Crippen molar-refractivity contribution < 1.29 is 18.7 Å². The monoisotopic (exact) mass is 381 g/mol. The molecular formula is C21H23N3O4. The molecule has 2 aromatic carbocycles. The van der Waals surface area contributed by atoms with E-state index in [0.29, 0.717) is 22.6 Å². The maximum Gasteiger partial charge on any atom is 0.322 e. The van der Waals surface area contributed by atoms with Gasteiger partial charge < -0.3 is 13.9 Å². The fraction of sp³-hybridized carbons (Fsp3) is 0.286. The molecule has 1 amide bonds. The Morgan fingerprint density at radius 1 is 0.964 bits per heavy atom. The number of hydrogen-bond donors (Lipinski definition) is 1. The third kappa shape index (κ3) is 4.31. The van der Waals surface area contributed by atoms with Crippen molar-refractivity contribution in [1.82, 2.24) is 10.2 Å². The molecule has 1 aromatic heterocycles. The molecule has 0 saturated heterocycles. The van der Waals surface area contributed by atoms with E-state index >= 15 is 0 Å². The fourth-order valence-corrected chi connectivity index (χ4v) is 2.61. The molecule has 0 spiro atoms. The second kappa shape index (κ2) is 7.72. The lowest BCUT2D eigenvalue weighted by Gasteiger charge is -2.18. The van der Waals surface area contributed by atoms with Crippen LogP contribution in [0.1, 0.15) is 36.7 Å². The first kappa shape index (κ1) is 19.4. The molecule has 1 heterocycles. The van der Waals surface area contributed by atoms with Crippen LogP contribution in [0.3, 0.4) is 0 Å². The SMILES string of the molecule is COc1cc(OC)cc(-c2nnc(NC(=O)c3ccc(C(C)(C)C)cc3)o2)c1. The van der Waals surface area contributed by atoms with E-state index in [9.17, 15) is 4.79 Å². The van der Waals surface area contributed by atoms with Crippen LogP contribution in [-0.4, -0.2) is 30.3 Å². The molecule has 146 valence electrons. The van der Waals surface area contributed by atoms with Gasteiger partial charge in [-0.3, -0.25) is 10.1 Å². The normalized spacial score (nSPS) is 11.2. The molecule has 28 heavy (non-hydrogen) atoms. The third-order valence-electron chi connectivity index (χ3n) is 4.26. The van der Waals surface area contributed by atoms with E-state index in [-0.39, 0.29) is 23.2 Å². The van der Waals surface area contributed by atoms with Gasteiger partial charge >= 0.3 is 6.01 Å². The number of nitrogens with zero attached hydrogens (tertiary/aromatic N) is 2. The van der Waals surface area contributed by atoms with Crippen molar-refractivity contribution in [2.24, 2.45) is 0 Å². The number of amides is 1. The van der Waals surface area contributed by atoms with Gasteiger partial charge in [-0.25, -0.2) is 0 Å². The van der Waals surface area contributed by atoms with E-state index in [4.69, 9.17) is 13.9 Å². The summed E-state index contributed by atoms with van der Waals surface area (Å²) in [7, 11) is 3.12. The standard InChI is InChI=1S/C21H23N3O4/c1-21(2,3)15-8-6-13(7-9-15)18(25)22-20-24-23-19(28-20)14-10-16(26-4)12-17(11-14)27-5/h6-12H,1-5H3,(H,22,24,25). The van der Waals surface area contributed by atoms with Gasteiger partial charge in [-0.15, -0.1) is 5.10 Å². The summed E-state index contributed by atoms with van der Waals surface area (Å²) in [4.78, 5) is 12.4. The van der Waals surface area contributed by atoms with Gasteiger partial charge in [0.1, 0.15) is 11.5 Å². The van der Waals surface area contributed by atoms with E-state index in [1.54, 1.807) is 44.6 Å². The first-order valence-corrected chi connectivity index (χ1v) is 8.79. The molecular weight excluding hydrogens is 358 g/mol. The van der Waals surface area contributed by atoms with Crippen LogP contribution in [0.4, 0.5) is 6.01 Å². The van der Waals surface area contributed by atoms with Gasteiger partial charge in [-0.1, -0.05) is 38.0 Å². The van der Waals surface area contributed by atoms with Crippen LogP contribution in [0.25, 0.3) is 11.5 Å². The number of benzene rings is 2. The molecule has 0 aliphatic carbocycles. The van der Waals surface area contributed by atoms with E-state index in [2.05, 4.69) is 36.3 Å². The predicted molar refractivity (Wildman–Crippen MR) is 106 cm³/mol. The number of methoxy groups -OCH3 is 2. The second-order valence-corrected chi connectivity index (χ2v) is 7.30. The number of ether oxygens (including phenoxy) is 2. The zero-order chi connectivity index (χ0) is 20.3. The lowest BCUT2D eigenvalue weighted by molar-refractivity contribution is 0.102. The smallest absolute Gasteiger partial charge is 0.322 e. The number of aromatic nitrogens is 2. The number of rotatable bonds is 5. The summed E-state index contributed by atoms with van der Waals surface area (Å²) in [6.45, 7) is 6.36. The number of hydrogen-bond acceptors (Lipinski definition) is 6. The van der Waals surface area contributed by atoms with Crippen molar-refractivity contribution >= 4 is 11.9 Å². The summed E-state index contributed by atoms with van der Waals surface area (Å²) >= 11 is 0. The number of carbonyl (C=O) groups excluding carboxylic acids is 1. The molecule has 0 unspecified atom stereocenters. The van der Waals surface area contributed by atoms with Gasteiger partial charge in [0.25, 0.3) is 5.91 Å². The highest BCUT2D eigenvalue weighted by Crippen LogP contribution is 2.29. The van der Waals surface area contributed by atoms with Gasteiger partial charge in [0, 0.05) is 17.2 Å². The minimum absolute atomic E-state index is 0.0154. The minimum atomic E-state index is -0.320. The topological polar surface area (TPSA) is 86.5 Å². The summed E-state index contributed by atoms with van der Waals surface area (Å²) in [5.74, 6) is 1.11. The Morgan fingerprint density at radius 3 is 2.11 bits per heavy atom. The molecule has 0 fully saturated rings. The average Bonchev–Trinajstić information content (AvgIpc) is 3.15. The summed E-state index contributed by atoms with van der Waals surface area (Å²) in [6.07, 6.45) is 0. The maximum atomic E-state index is 12.4. The Bertz CT molecular complexity index is 950. The molecule has 7 heteroatoms. The summed E-state index contributed by atoms with van der Waals surface area (Å²) in [5.41, 5.74) is 2.31. The zero-order valence-electron chi connectivity index (χ0n) is 16.6.